The van der Waals surface area contributed by atoms with Gasteiger partial charge in [0.2, 0.25) is 0 Å². The van der Waals surface area contributed by atoms with Gasteiger partial charge in [0, 0.05) is 17.0 Å². The van der Waals surface area contributed by atoms with Crippen molar-refractivity contribution in [3.8, 4) is 17.1 Å². The third-order valence-corrected chi connectivity index (χ3v) is 12.8. The highest BCUT2D eigenvalue weighted by Crippen LogP contribution is 2.37. The zero-order valence-electron chi connectivity index (χ0n) is 23.1. The van der Waals surface area contributed by atoms with Gasteiger partial charge in [0.15, 0.2) is 14.1 Å². The molecule has 3 atom stereocenters. The number of nitrogens with two attached hydrogens (primary N) is 1. The third kappa shape index (κ3) is 5.45. The van der Waals surface area contributed by atoms with Crippen LogP contribution in [0.5, 0.6) is 0 Å². The lowest BCUT2D eigenvalue weighted by Gasteiger charge is -2.36. The summed E-state index contributed by atoms with van der Waals surface area (Å²) < 4.78 is 8.28. The summed E-state index contributed by atoms with van der Waals surface area (Å²) in [5.74, 6) is 1.02. The van der Waals surface area contributed by atoms with E-state index >= 15 is 0 Å². The van der Waals surface area contributed by atoms with Crippen molar-refractivity contribution in [3.63, 3.8) is 0 Å². The van der Waals surface area contributed by atoms with Crippen molar-refractivity contribution in [3.05, 3.63) is 72.2 Å². The molecule has 1 saturated carbocycles. The SMILES string of the molecule is CC(C)(C)[Si](C)(C)OCc1cccc(-n2ncc3ccc(-c4cccc(C(N)C5CCC(O)C5)n4)cc32)n1. The normalized spacial score (nSPS) is 19.2. The lowest BCUT2D eigenvalue weighted by atomic mass is 9.95. The van der Waals surface area contributed by atoms with E-state index in [0.717, 1.165) is 58.6 Å². The van der Waals surface area contributed by atoms with Crippen LogP contribution in [0.15, 0.2) is 60.8 Å². The quantitative estimate of drug-likeness (QED) is 0.278. The van der Waals surface area contributed by atoms with Gasteiger partial charge in [0.05, 0.1) is 41.5 Å². The fourth-order valence-electron chi connectivity index (χ4n) is 4.85. The van der Waals surface area contributed by atoms with E-state index in [2.05, 4.69) is 57.2 Å². The second-order valence-corrected chi connectivity index (χ2v) is 16.9. The zero-order chi connectivity index (χ0) is 27.1. The minimum atomic E-state index is -1.88. The summed E-state index contributed by atoms with van der Waals surface area (Å²) in [6.07, 6.45) is 4.11. The van der Waals surface area contributed by atoms with Crippen LogP contribution in [0.2, 0.25) is 18.1 Å². The molecule has 0 amide bonds. The van der Waals surface area contributed by atoms with Crippen molar-refractivity contribution >= 4 is 19.2 Å². The van der Waals surface area contributed by atoms with Crippen molar-refractivity contribution in [2.45, 2.75) is 76.9 Å². The predicted octanol–water partition coefficient (Wildman–Crippen LogP) is 6.17. The highest BCUT2D eigenvalue weighted by atomic mass is 28.4. The molecule has 0 radical (unpaired) electrons. The van der Waals surface area contributed by atoms with Crippen molar-refractivity contribution in [2.75, 3.05) is 0 Å². The lowest BCUT2D eigenvalue weighted by Crippen LogP contribution is -2.40. The second kappa shape index (κ2) is 10.3. The summed E-state index contributed by atoms with van der Waals surface area (Å²) >= 11 is 0. The van der Waals surface area contributed by atoms with Crippen LogP contribution in [0.3, 0.4) is 0 Å². The van der Waals surface area contributed by atoms with E-state index < -0.39 is 8.32 Å². The first-order valence-corrected chi connectivity index (χ1v) is 16.4. The van der Waals surface area contributed by atoms with Gasteiger partial charge in [-0.1, -0.05) is 45.0 Å². The molecule has 38 heavy (non-hydrogen) atoms. The first kappa shape index (κ1) is 26.7. The number of hydrogen-bond donors (Lipinski definition) is 2. The molecule has 8 heteroatoms. The highest BCUT2D eigenvalue weighted by molar-refractivity contribution is 6.74. The number of aliphatic hydroxyl groups excluding tert-OH is 1. The Morgan fingerprint density at radius 2 is 1.87 bits per heavy atom. The monoisotopic (exact) mass is 529 g/mol. The van der Waals surface area contributed by atoms with Crippen molar-refractivity contribution < 1.29 is 9.53 Å². The largest absolute Gasteiger partial charge is 0.411 e. The fraction of sp³-hybridized carbons (Fsp3) is 0.433. The number of rotatable bonds is 7. The molecule has 1 aliphatic carbocycles. The summed E-state index contributed by atoms with van der Waals surface area (Å²) in [7, 11) is -1.88. The van der Waals surface area contributed by atoms with E-state index in [0.29, 0.717) is 6.61 Å². The van der Waals surface area contributed by atoms with E-state index in [9.17, 15) is 5.11 Å². The number of hydrogen-bond acceptors (Lipinski definition) is 6. The molecule has 0 bridgehead atoms. The fourth-order valence-corrected chi connectivity index (χ4v) is 5.80. The van der Waals surface area contributed by atoms with Gasteiger partial charge >= 0.3 is 0 Å². The van der Waals surface area contributed by atoms with Gasteiger partial charge in [-0.3, -0.25) is 4.98 Å². The maximum atomic E-state index is 9.95. The molecular weight excluding hydrogens is 490 g/mol. The Kier molecular flexibility index (Phi) is 7.26. The molecule has 3 aromatic heterocycles. The van der Waals surface area contributed by atoms with Gasteiger partial charge in [0.1, 0.15) is 0 Å². The van der Waals surface area contributed by atoms with Crippen molar-refractivity contribution in [1.82, 2.24) is 19.7 Å². The molecule has 0 aliphatic heterocycles. The Labute approximate surface area is 226 Å². The lowest BCUT2D eigenvalue weighted by molar-refractivity contribution is 0.175. The maximum Gasteiger partial charge on any atom is 0.192 e. The Balaban J connectivity index is 1.42. The smallest absolute Gasteiger partial charge is 0.192 e. The third-order valence-electron chi connectivity index (χ3n) is 8.33. The van der Waals surface area contributed by atoms with Gasteiger partial charge in [-0.05, 0) is 73.6 Å². The van der Waals surface area contributed by atoms with Gasteiger partial charge < -0.3 is 15.3 Å². The standard InChI is InChI=1S/C30H39N5O2Si/c1-30(2,3)38(4,5)37-19-23-8-6-11-28(33-23)35-27-17-20(12-13-22(27)18-32-35)25-9-7-10-26(34-25)29(31)21-14-15-24(36)16-21/h6-13,17-18,21,24,29,36H,14-16,19,31H2,1-5H3. The van der Waals surface area contributed by atoms with Crippen LogP contribution in [0.1, 0.15) is 57.5 Å². The number of benzene rings is 1. The molecule has 0 spiro atoms. The van der Waals surface area contributed by atoms with Gasteiger partial charge in [0.25, 0.3) is 0 Å². The number of pyridine rings is 2. The summed E-state index contributed by atoms with van der Waals surface area (Å²) in [4.78, 5) is 9.81. The Hall–Kier alpha value is -2.91. The van der Waals surface area contributed by atoms with E-state index in [4.69, 9.17) is 20.1 Å². The maximum absolute atomic E-state index is 9.95. The van der Waals surface area contributed by atoms with Crippen LogP contribution in [0, 0.1) is 5.92 Å². The average molecular weight is 530 g/mol. The van der Waals surface area contributed by atoms with Gasteiger partial charge in [-0.15, -0.1) is 0 Å². The number of aliphatic hydroxyl groups is 1. The highest BCUT2D eigenvalue weighted by Gasteiger charge is 2.37. The van der Waals surface area contributed by atoms with Gasteiger partial charge in [-0.2, -0.15) is 5.10 Å². The second-order valence-electron chi connectivity index (χ2n) is 12.1. The van der Waals surface area contributed by atoms with Crippen LogP contribution < -0.4 is 5.73 Å². The Bertz CT molecular complexity index is 1430. The molecule has 200 valence electrons. The topological polar surface area (TPSA) is 99.1 Å². The first-order chi connectivity index (χ1) is 18.0. The predicted molar refractivity (Wildman–Crippen MR) is 154 cm³/mol. The van der Waals surface area contributed by atoms with E-state index in [1.165, 1.54) is 0 Å². The van der Waals surface area contributed by atoms with Crippen LogP contribution in [0.25, 0.3) is 28.0 Å². The molecule has 1 fully saturated rings. The molecule has 1 aliphatic rings. The molecule has 5 rings (SSSR count). The zero-order valence-corrected chi connectivity index (χ0v) is 24.1. The molecule has 0 saturated heterocycles. The van der Waals surface area contributed by atoms with Crippen LogP contribution in [0.4, 0.5) is 0 Å². The summed E-state index contributed by atoms with van der Waals surface area (Å²) in [5.41, 5.74) is 11.2. The summed E-state index contributed by atoms with van der Waals surface area (Å²) in [5, 5.41) is 15.8. The van der Waals surface area contributed by atoms with E-state index in [1.54, 1.807) is 0 Å². The molecule has 7 nitrogen and oxygen atoms in total. The minimum Gasteiger partial charge on any atom is -0.411 e. The molecule has 3 heterocycles. The Morgan fingerprint density at radius 3 is 2.61 bits per heavy atom. The number of nitrogens with zero attached hydrogens (tertiary/aromatic N) is 4. The molecule has 3 N–H and O–H groups in total. The van der Waals surface area contributed by atoms with E-state index in [1.807, 2.05) is 47.3 Å². The summed E-state index contributed by atoms with van der Waals surface area (Å²) in [6.45, 7) is 11.7. The average Bonchev–Trinajstić information content (AvgIpc) is 3.52. The van der Waals surface area contributed by atoms with Crippen molar-refractivity contribution in [2.24, 2.45) is 11.7 Å². The first-order valence-electron chi connectivity index (χ1n) is 13.5. The Morgan fingerprint density at radius 1 is 1.08 bits per heavy atom. The van der Waals surface area contributed by atoms with Gasteiger partial charge in [-0.25, -0.2) is 9.67 Å². The molecular formula is C30H39N5O2Si. The minimum absolute atomic E-state index is 0.146. The van der Waals surface area contributed by atoms with Crippen LogP contribution >= 0.6 is 0 Å². The molecule has 4 aromatic rings. The molecule has 1 aromatic carbocycles. The summed E-state index contributed by atoms with van der Waals surface area (Å²) in [6, 6.07) is 18.1. The van der Waals surface area contributed by atoms with Crippen LogP contribution in [-0.4, -0.2) is 39.3 Å². The number of fused-ring (bicyclic) bond motifs is 1. The van der Waals surface area contributed by atoms with Crippen molar-refractivity contribution in [1.29, 1.82) is 0 Å². The molecule has 3 unspecified atom stereocenters. The van der Waals surface area contributed by atoms with E-state index in [-0.39, 0.29) is 23.1 Å². The van der Waals surface area contributed by atoms with Crippen LogP contribution in [-0.2, 0) is 11.0 Å². The number of aromatic nitrogens is 4.